The summed E-state index contributed by atoms with van der Waals surface area (Å²) in [5, 5.41) is 2.00. The van der Waals surface area contributed by atoms with Crippen molar-refractivity contribution in [3.05, 3.63) is 11.1 Å². The number of rotatable bonds is 2. The molecule has 0 bridgehead atoms. The number of thiazole rings is 1. The first kappa shape index (κ1) is 10.2. The Bertz CT molecular complexity index is 319. The van der Waals surface area contributed by atoms with Crippen LogP contribution in [0.2, 0.25) is 19.6 Å². The molecule has 0 saturated heterocycles. The van der Waals surface area contributed by atoms with E-state index in [1.54, 1.807) is 5.38 Å². The van der Waals surface area contributed by atoms with Crippen LogP contribution in [0.4, 0.5) is 5.13 Å². The highest BCUT2D eigenvalue weighted by Gasteiger charge is 2.22. The van der Waals surface area contributed by atoms with E-state index < -0.39 is 8.32 Å². The number of anilines is 1. The number of aromatic nitrogens is 1. The van der Waals surface area contributed by atoms with E-state index >= 15 is 0 Å². The summed E-state index contributed by atoms with van der Waals surface area (Å²) >= 11 is 1.24. The second kappa shape index (κ2) is 3.47. The summed E-state index contributed by atoms with van der Waals surface area (Å²) in [7, 11) is -1.82. The molecule has 72 valence electrons. The summed E-state index contributed by atoms with van der Waals surface area (Å²) in [6, 6.07) is 0. The molecule has 1 aromatic heterocycles. The number of carbonyl (C=O) groups is 1. The van der Waals surface area contributed by atoms with Gasteiger partial charge in [0.1, 0.15) is 0 Å². The molecule has 0 aliphatic carbocycles. The van der Waals surface area contributed by atoms with Crippen LogP contribution in [0.15, 0.2) is 5.38 Å². The Hall–Kier alpha value is -0.883. The summed E-state index contributed by atoms with van der Waals surface area (Å²) in [6.07, 6.45) is 0. The average molecular weight is 216 g/mol. The summed E-state index contributed by atoms with van der Waals surface area (Å²) in [4.78, 5) is 15.2. The van der Waals surface area contributed by atoms with Gasteiger partial charge in [-0.15, -0.1) is 11.3 Å². The molecule has 0 amide bonds. The highest BCUT2D eigenvalue weighted by atomic mass is 32.1. The molecule has 1 aromatic rings. The van der Waals surface area contributed by atoms with E-state index in [1.807, 2.05) is 19.6 Å². The van der Waals surface area contributed by atoms with Crippen LogP contribution in [-0.4, -0.2) is 19.3 Å². The van der Waals surface area contributed by atoms with Gasteiger partial charge in [0.25, 0.3) is 0 Å². The molecular weight excluding hydrogens is 204 g/mol. The molecule has 13 heavy (non-hydrogen) atoms. The van der Waals surface area contributed by atoms with Crippen LogP contribution in [0.25, 0.3) is 0 Å². The number of carbonyl (C=O) groups excluding carboxylic acids is 1. The lowest BCUT2D eigenvalue weighted by molar-refractivity contribution is 0.0719. The Kier molecular flexibility index (Phi) is 2.72. The smallest absolute Gasteiger partial charge is 0.344 e. The molecule has 1 heterocycles. The quantitative estimate of drug-likeness (QED) is 0.764. The zero-order chi connectivity index (χ0) is 10.1. The zero-order valence-electron chi connectivity index (χ0n) is 7.83. The fourth-order valence-electron chi connectivity index (χ4n) is 0.712. The lowest BCUT2D eigenvalue weighted by Crippen LogP contribution is -2.29. The van der Waals surface area contributed by atoms with E-state index in [2.05, 4.69) is 4.98 Å². The molecule has 0 aliphatic heterocycles. The first-order chi connectivity index (χ1) is 5.88. The van der Waals surface area contributed by atoms with E-state index in [1.165, 1.54) is 11.3 Å². The van der Waals surface area contributed by atoms with Crippen molar-refractivity contribution in [2.45, 2.75) is 19.6 Å². The molecule has 0 saturated carbocycles. The molecule has 0 unspecified atom stereocenters. The molecular formula is C7H12N2O2SSi. The van der Waals surface area contributed by atoms with E-state index in [0.29, 0.717) is 10.8 Å². The number of nitrogens with two attached hydrogens (primary N) is 1. The maximum Gasteiger partial charge on any atom is 0.344 e. The van der Waals surface area contributed by atoms with E-state index in [-0.39, 0.29) is 5.97 Å². The molecule has 0 radical (unpaired) electrons. The van der Waals surface area contributed by atoms with Crippen LogP contribution in [0.5, 0.6) is 0 Å². The van der Waals surface area contributed by atoms with Crippen molar-refractivity contribution >= 4 is 30.8 Å². The number of nitrogen functional groups attached to an aromatic ring is 1. The van der Waals surface area contributed by atoms with Gasteiger partial charge < -0.3 is 10.2 Å². The minimum atomic E-state index is -1.82. The van der Waals surface area contributed by atoms with Crippen molar-refractivity contribution in [3.63, 3.8) is 0 Å². The summed E-state index contributed by atoms with van der Waals surface area (Å²) < 4.78 is 5.23. The number of nitrogens with zero attached hydrogens (tertiary/aromatic N) is 1. The fraction of sp³-hybridized carbons (Fsp3) is 0.429. The van der Waals surface area contributed by atoms with Crippen molar-refractivity contribution < 1.29 is 9.22 Å². The van der Waals surface area contributed by atoms with Crippen molar-refractivity contribution in [1.29, 1.82) is 0 Å². The van der Waals surface area contributed by atoms with Gasteiger partial charge in [-0.25, -0.2) is 9.78 Å². The van der Waals surface area contributed by atoms with Crippen molar-refractivity contribution in [2.24, 2.45) is 0 Å². The molecule has 6 heteroatoms. The molecule has 0 spiro atoms. The summed E-state index contributed by atoms with van der Waals surface area (Å²) in [6.45, 7) is 5.84. The number of hydrogen-bond acceptors (Lipinski definition) is 5. The summed E-state index contributed by atoms with van der Waals surface area (Å²) in [5.74, 6) is -0.368. The normalized spacial score (nSPS) is 11.3. The van der Waals surface area contributed by atoms with Gasteiger partial charge in [-0.3, -0.25) is 0 Å². The van der Waals surface area contributed by atoms with E-state index in [4.69, 9.17) is 10.2 Å². The van der Waals surface area contributed by atoms with Crippen LogP contribution < -0.4 is 5.73 Å². The van der Waals surface area contributed by atoms with Crippen LogP contribution in [0, 0.1) is 0 Å². The molecule has 4 nitrogen and oxygen atoms in total. The lowest BCUT2D eigenvalue weighted by atomic mass is 10.5. The van der Waals surface area contributed by atoms with Crippen molar-refractivity contribution in [2.75, 3.05) is 5.73 Å². The molecule has 2 N–H and O–H groups in total. The van der Waals surface area contributed by atoms with Gasteiger partial charge >= 0.3 is 5.97 Å². The van der Waals surface area contributed by atoms with Gasteiger partial charge in [0.05, 0.1) is 0 Å². The van der Waals surface area contributed by atoms with Gasteiger partial charge in [0, 0.05) is 5.38 Å². The predicted molar refractivity (Wildman–Crippen MR) is 55.3 cm³/mol. The van der Waals surface area contributed by atoms with E-state index in [0.717, 1.165) is 0 Å². The maximum absolute atomic E-state index is 11.4. The van der Waals surface area contributed by atoms with Gasteiger partial charge in [0.2, 0.25) is 8.32 Å². The Morgan fingerprint density at radius 2 is 2.23 bits per heavy atom. The second-order valence-corrected chi connectivity index (χ2v) is 8.89. The minimum absolute atomic E-state index is 0.310. The topological polar surface area (TPSA) is 65.2 Å². The Labute approximate surface area is 81.9 Å². The highest BCUT2D eigenvalue weighted by Crippen LogP contribution is 2.14. The maximum atomic E-state index is 11.4. The predicted octanol–water partition coefficient (Wildman–Crippen LogP) is 1.72. The van der Waals surface area contributed by atoms with E-state index in [9.17, 15) is 4.79 Å². The second-order valence-electron chi connectivity index (χ2n) is 3.57. The molecule has 0 aromatic carbocycles. The third-order valence-corrected chi connectivity index (χ3v) is 2.60. The first-order valence-electron chi connectivity index (χ1n) is 3.83. The van der Waals surface area contributed by atoms with Crippen LogP contribution in [0.1, 0.15) is 10.5 Å². The Morgan fingerprint density at radius 1 is 1.62 bits per heavy atom. The van der Waals surface area contributed by atoms with Gasteiger partial charge in [0.15, 0.2) is 10.8 Å². The van der Waals surface area contributed by atoms with Gasteiger partial charge in [-0.05, 0) is 19.6 Å². The van der Waals surface area contributed by atoms with Crippen LogP contribution in [0.3, 0.4) is 0 Å². The Balaban J connectivity index is 2.70. The largest absolute Gasteiger partial charge is 0.515 e. The first-order valence-corrected chi connectivity index (χ1v) is 8.11. The van der Waals surface area contributed by atoms with Gasteiger partial charge in [-0.2, -0.15) is 0 Å². The fourth-order valence-corrected chi connectivity index (χ4v) is 1.90. The average Bonchev–Trinajstić information content (AvgIpc) is 2.31. The Morgan fingerprint density at radius 3 is 2.62 bits per heavy atom. The molecule has 0 aliphatic rings. The molecule has 0 atom stereocenters. The zero-order valence-corrected chi connectivity index (χ0v) is 9.64. The standard InChI is InChI=1S/C7H12N2O2SSi/c1-13(2,3)11-6(10)5-4-12-7(8)9-5/h4H,1-3H3,(H2,8,9). The summed E-state index contributed by atoms with van der Waals surface area (Å²) in [5.41, 5.74) is 5.70. The third kappa shape index (κ3) is 3.15. The highest BCUT2D eigenvalue weighted by molar-refractivity contribution is 7.13. The van der Waals surface area contributed by atoms with Crippen molar-refractivity contribution in [3.8, 4) is 0 Å². The lowest BCUT2D eigenvalue weighted by Gasteiger charge is -2.15. The van der Waals surface area contributed by atoms with Crippen LogP contribution in [-0.2, 0) is 4.43 Å². The number of hydrogen-bond donors (Lipinski definition) is 1. The molecule has 0 fully saturated rings. The molecule has 1 rings (SSSR count). The third-order valence-electron chi connectivity index (χ3n) is 1.13. The van der Waals surface area contributed by atoms with Gasteiger partial charge in [-0.1, -0.05) is 0 Å². The van der Waals surface area contributed by atoms with Crippen molar-refractivity contribution in [1.82, 2.24) is 4.98 Å². The SMILES string of the molecule is C[Si](C)(C)OC(=O)c1csc(N)n1. The van der Waals surface area contributed by atoms with Crippen LogP contribution >= 0.6 is 11.3 Å². The monoisotopic (exact) mass is 216 g/mol. The minimum Gasteiger partial charge on any atom is -0.515 e.